The van der Waals surface area contributed by atoms with E-state index in [1.54, 1.807) is 0 Å². The van der Waals surface area contributed by atoms with Crippen LogP contribution in [-0.2, 0) is 0 Å². The molecule has 4 N–H and O–H groups in total. The maximum Gasteiger partial charge on any atom is 0.124 e. The first-order valence-corrected chi connectivity index (χ1v) is 5.66. The van der Waals surface area contributed by atoms with Gasteiger partial charge >= 0.3 is 0 Å². The summed E-state index contributed by atoms with van der Waals surface area (Å²) in [6.45, 7) is 0. The summed E-state index contributed by atoms with van der Waals surface area (Å²) in [7, 11) is 0. The van der Waals surface area contributed by atoms with Crippen LogP contribution in [-0.4, -0.2) is 32.9 Å². The summed E-state index contributed by atoms with van der Waals surface area (Å²) in [5, 5.41) is 44.9. The van der Waals surface area contributed by atoms with Crippen molar-refractivity contribution in [3.63, 3.8) is 0 Å². The van der Waals surface area contributed by atoms with Crippen LogP contribution in [0.3, 0.4) is 0 Å². The topological polar surface area (TPSA) is 106 Å². The molecule has 6 heteroatoms. The molecule has 20 heavy (non-hydrogen) atoms. The molecular formula is C14H12N2O4. The molecule has 6 nitrogen and oxygen atoms in total. The first-order chi connectivity index (χ1) is 9.56. The highest BCUT2D eigenvalue weighted by Crippen LogP contribution is 2.21. The SMILES string of the molecule is Oc1ccc(O)c(/C=N\N=C\c2cc(O)ccc2O)c1. The highest BCUT2D eigenvalue weighted by atomic mass is 16.3. The van der Waals surface area contributed by atoms with Crippen LogP contribution in [0.2, 0.25) is 0 Å². The van der Waals surface area contributed by atoms with Crippen molar-refractivity contribution in [3.05, 3.63) is 47.5 Å². The Bertz CT molecular complexity index is 621. The van der Waals surface area contributed by atoms with Crippen LogP contribution >= 0.6 is 0 Å². The molecule has 0 bridgehead atoms. The van der Waals surface area contributed by atoms with Crippen molar-refractivity contribution in [2.24, 2.45) is 10.2 Å². The average Bonchev–Trinajstić information content (AvgIpc) is 2.42. The van der Waals surface area contributed by atoms with Crippen LogP contribution in [0.25, 0.3) is 0 Å². The van der Waals surface area contributed by atoms with E-state index in [0.717, 1.165) is 0 Å². The van der Waals surface area contributed by atoms with E-state index in [2.05, 4.69) is 10.2 Å². The number of hydrogen-bond acceptors (Lipinski definition) is 6. The maximum atomic E-state index is 9.50. The summed E-state index contributed by atoms with van der Waals surface area (Å²) < 4.78 is 0. The molecule has 0 aliphatic rings. The Morgan fingerprint density at radius 3 is 1.45 bits per heavy atom. The summed E-state index contributed by atoms with van der Waals surface area (Å²) in [4.78, 5) is 0. The van der Waals surface area contributed by atoms with Gasteiger partial charge in [0, 0.05) is 11.1 Å². The monoisotopic (exact) mass is 272 g/mol. The zero-order chi connectivity index (χ0) is 14.5. The molecule has 0 spiro atoms. The Kier molecular flexibility index (Phi) is 3.85. The largest absolute Gasteiger partial charge is 0.508 e. The van der Waals surface area contributed by atoms with Crippen LogP contribution in [0.5, 0.6) is 23.0 Å². The highest BCUT2D eigenvalue weighted by molar-refractivity contribution is 5.86. The summed E-state index contributed by atoms with van der Waals surface area (Å²) >= 11 is 0. The molecule has 0 unspecified atom stereocenters. The van der Waals surface area contributed by atoms with Gasteiger partial charge in [0.15, 0.2) is 0 Å². The van der Waals surface area contributed by atoms with E-state index >= 15 is 0 Å². The molecule has 0 fully saturated rings. The lowest BCUT2D eigenvalue weighted by Crippen LogP contribution is -1.83. The molecule has 0 amide bonds. The van der Waals surface area contributed by atoms with Crippen molar-refractivity contribution in [2.75, 3.05) is 0 Å². The minimum Gasteiger partial charge on any atom is -0.508 e. The predicted octanol–water partition coefficient (Wildman–Crippen LogP) is 1.96. The van der Waals surface area contributed by atoms with Crippen molar-refractivity contribution in [2.45, 2.75) is 0 Å². The van der Waals surface area contributed by atoms with Crippen LogP contribution in [0.4, 0.5) is 0 Å². The Morgan fingerprint density at radius 1 is 0.650 bits per heavy atom. The number of nitrogens with zero attached hydrogens (tertiary/aromatic N) is 2. The molecule has 0 heterocycles. The van der Waals surface area contributed by atoms with Gasteiger partial charge in [0.2, 0.25) is 0 Å². The van der Waals surface area contributed by atoms with Gasteiger partial charge < -0.3 is 20.4 Å². The molecule has 2 aromatic rings. The van der Waals surface area contributed by atoms with Crippen LogP contribution in [0.1, 0.15) is 11.1 Å². The third-order valence-corrected chi connectivity index (χ3v) is 2.48. The second-order valence-corrected chi connectivity index (χ2v) is 3.98. The molecule has 2 rings (SSSR count). The van der Waals surface area contributed by atoms with Gasteiger partial charge in [0.05, 0.1) is 12.4 Å². The third kappa shape index (κ3) is 3.26. The van der Waals surface area contributed by atoms with Crippen molar-refractivity contribution in [1.82, 2.24) is 0 Å². The summed E-state index contributed by atoms with van der Waals surface area (Å²) in [6.07, 6.45) is 2.51. The zero-order valence-corrected chi connectivity index (χ0v) is 10.3. The van der Waals surface area contributed by atoms with Crippen LogP contribution in [0.15, 0.2) is 46.6 Å². The van der Waals surface area contributed by atoms with E-state index in [-0.39, 0.29) is 23.0 Å². The van der Waals surface area contributed by atoms with E-state index in [1.165, 1.54) is 48.8 Å². The lowest BCUT2D eigenvalue weighted by Gasteiger charge is -1.98. The zero-order valence-electron chi connectivity index (χ0n) is 10.3. The Morgan fingerprint density at radius 2 is 1.05 bits per heavy atom. The first-order valence-electron chi connectivity index (χ1n) is 5.66. The van der Waals surface area contributed by atoms with Crippen molar-refractivity contribution in [3.8, 4) is 23.0 Å². The number of hydrogen-bond donors (Lipinski definition) is 4. The minimum absolute atomic E-state index is 0.00106. The van der Waals surface area contributed by atoms with Crippen molar-refractivity contribution >= 4 is 12.4 Å². The summed E-state index contributed by atoms with van der Waals surface area (Å²) in [5.41, 5.74) is 0.615. The molecule has 102 valence electrons. The molecular weight excluding hydrogens is 260 g/mol. The Labute approximate surface area is 114 Å². The smallest absolute Gasteiger partial charge is 0.124 e. The summed E-state index contributed by atoms with van der Waals surface area (Å²) in [5.74, 6) is -0.0818. The Balaban J connectivity index is 2.15. The number of benzene rings is 2. The molecule has 2 aromatic carbocycles. The fourth-order valence-electron chi connectivity index (χ4n) is 1.48. The van der Waals surface area contributed by atoms with E-state index in [0.29, 0.717) is 11.1 Å². The van der Waals surface area contributed by atoms with Gasteiger partial charge in [-0.05, 0) is 36.4 Å². The van der Waals surface area contributed by atoms with Gasteiger partial charge in [-0.2, -0.15) is 10.2 Å². The number of phenols is 4. The quantitative estimate of drug-likeness (QED) is 0.389. The molecule has 0 saturated heterocycles. The van der Waals surface area contributed by atoms with Crippen LogP contribution < -0.4 is 0 Å². The number of aromatic hydroxyl groups is 4. The molecule has 0 aliphatic heterocycles. The Hall–Kier alpha value is -3.02. The average molecular weight is 272 g/mol. The lowest BCUT2D eigenvalue weighted by molar-refractivity contribution is 0.459. The fourth-order valence-corrected chi connectivity index (χ4v) is 1.48. The molecule has 0 saturated carbocycles. The molecule has 0 radical (unpaired) electrons. The van der Waals surface area contributed by atoms with Gasteiger partial charge in [-0.15, -0.1) is 0 Å². The molecule has 0 aromatic heterocycles. The van der Waals surface area contributed by atoms with E-state index in [1.807, 2.05) is 0 Å². The maximum absolute atomic E-state index is 9.50. The highest BCUT2D eigenvalue weighted by Gasteiger charge is 2.00. The number of phenolic OH excluding ortho intramolecular Hbond substituents is 4. The van der Waals surface area contributed by atoms with Gasteiger partial charge in [-0.25, -0.2) is 0 Å². The van der Waals surface area contributed by atoms with E-state index in [9.17, 15) is 20.4 Å². The standard InChI is InChI=1S/C14H12N2O4/c17-11-1-3-13(19)9(5-11)7-15-16-8-10-6-12(18)2-4-14(10)20/h1-8,17-20H/b15-7-,16-8+. The summed E-state index contributed by atoms with van der Waals surface area (Å²) in [6, 6.07) is 8.03. The predicted molar refractivity (Wildman–Crippen MR) is 74.7 cm³/mol. The molecule has 0 aliphatic carbocycles. The van der Waals surface area contributed by atoms with Gasteiger partial charge in [-0.1, -0.05) is 0 Å². The van der Waals surface area contributed by atoms with Gasteiger partial charge in [0.25, 0.3) is 0 Å². The van der Waals surface area contributed by atoms with E-state index in [4.69, 9.17) is 0 Å². The van der Waals surface area contributed by atoms with E-state index < -0.39 is 0 Å². The third-order valence-electron chi connectivity index (χ3n) is 2.48. The van der Waals surface area contributed by atoms with Crippen molar-refractivity contribution in [1.29, 1.82) is 0 Å². The first kappa shape index (κ1) is 13.4. The minimum atomic E-state index is -0.0399. The second-order valence-electron chi connectivity index (χ2n) is 3.98. The lowest BCUT2D eigenvalue weighted by atomic mass is 10.2. The van der Waals surface area contributed by atoms with Gasteiger partial charge in [-0.3, -0.25) is 0 Å². The van der Waals surface area contributed by atoms with Gasteiger partial charge in [0.1, 0.15) is 23.0 Å². The second kappa shape index (κ2) is 5.75. The molecule has 0 atom stereocenters. The fraction of sp³-hybridized carbons (Fsp3) is 0. The normalized spacial score (nSPS) is 11.4. The number of rotatable bonds is 3. The van der Waals surface area contributed by atoms with Crippen molar-refractivity contribution < 1.29 is 20.4 Å². The van der Waals surface area contributed by atoms with Crippen LogP contribution in [0, 0.1) is 0 Å².